The van der Waals surface area contributed by atoms with Crippen molar-refractivity contribution in [3.05, 3.63) is 29.8 Å². The lowest BCUT2D eigenvalue weighted by molar-refractivity contribution is -0.134. The largest absolute Gasteiger partial charge is 0.494 e. The molecule has 4 heteroatoms. The molecule has 1 heterocycles. The fourth-order valence-electron chi connectivity index (χ4n) is 2.99. The third kappa shape index (κ3) is 5.02. The number of piperidine rings is 1. The number of carbonyl (C=O) groups excluding carboxylic acids is 1. The topological polar surface area (TPSA) is 55.6 Å². The molecular weight excluding hydrogens is 276 g/mol. The summed E-state index contributed by atoms with van der Waals surface area (Å²) in [7, 11) is 0. The van der Waals surface area contributed by atoms with Crippen molar-refractivity contribution in [2.24, 2.45) is 5.73 Å². The summed E-state index contributed by atoms with van der Waals surface area (Å²) in [6.07, 6.45) is 5.74. The molecule has 1 amide bonds. The van der Waals surface area contributed by atoms with E-state index in [1.165, 1.54) is 12.0 Å². The quantitative estimate of drug-likeness (QED) is 0.788. The fourth-order valence-corrected chi connectivity index (χ4v) is 2.99. The average Bonchev–Trinajstić information content (AvgIpc) is 2.54. The second-order valence-electron chi connectivity index (χ2n) is 6.09. The number of benzene rings is 1. The van der Waals surface area contributed by atoms with E-state index in [2.05, 4.69) is 13.0 Å². The van der Waals surface area contributed by atoms with Crippen LogP contribution in [0.25, 0.3) is 0 Å². The van der Waals surface area contributed by atoms with Crippen LogP contribution in [0, 0.1) is 6.92 Å². The van der Waals surface area contributed by atoms with Crippen LogP contribution < -0.4 is 10.5 Å². The molecule has 0 saturated carbocycles. The van der Waals surface area contributed by atoms with Gasteiger partial charge in [-0.25, -0.2) is 0 Å². The monoisotopic (exact) mass is 304 g/mol. The Kier molecular flexibility index (Phi) is 6.72. The lowest BCUT2D eigenvalue weighted by Gasteiger charge is -2.35. The molecule has 0 aromatic heterocycles. The summed E-state index contributed by atoms with van der Waals surface area (Å²) in [5, 5.41) is 0. The van der Waals surface area contributed by atoms with E-state index in [0.717, 1.165) is 38.0 Å². The van der Waals surface area contributed by atoms with Crippen molar-refractivity contribution in [3.63, 3.8) is 0 Å². The summed E-state index contributed by atoms with van der Waals surface area (Å²) in [6.45, 7) is 4.18. The molecule has 1 saturated heterocycles. The Labute approximate surface area is 133 Å². The molecule has 22 heavy (non-hydrogen) atoms. The summed E-state index contributed by atoms with van der Waals surface area (Å²) < 4.78 is 5.71. The second-order valence-corrected chi connectivity index (χ2v) is 6.09. The fraction of sp³-hybridized carbons (Fsp3) is 0.611. The molecule has 0 radical (unpaired) electrons. The number of hydrogen-bond acceptors (Lipinski definition) is 3. The SMILES string of the molecule is Cc1cccc(OCCCCC(=O)N2CCCCC2CN)c1. The number of carbonyl (C=O) groups is 1. The number of nitrogens with two attached hydrogens (primary N) is 1. The predicted octanol–water partition coefficient (Wildman–Crippen LogP) is 2.88. The van der Waals surface area contributed by atoms with Gasteiger partial charge >= 0.3 is 0 Å². The Bertz CT molecular complexity index is 476. The molecule has 1 aliphatic heterocycles. The van der Waals surface area contributed by atoms with Gasteiger partial charge < -0.3 is 15.4 Å². The number of likely N-dealkylation sites (tertiary alicyclic amines) is 1. The number of nitrogens with zero attached hydrogens (tertiary/aromatic N) is 1. The highest BCUT2D eigenvalue weighted by molar-refractivity contribution is 5.76. The van der Waals surface area contributed by atoms with Gasteiger partial charge in [0.25, 0.3) is 0 Å². The van der Waals surface area contributed by atoms with E-state index in [0.29, 0.717) is 19.6 Å². The molecule has 1 aromatic rings. The Hall–Kier alpha value is -1.55. The van der Waals surface area contributed by atoms with Crippen molar-refractivity contribution in [2.75, 3.05) is 19.7 Å². The molecule has 2 N–H and O–H groups in total. The highest BCUT2D eigenvalue weighted by atomic mass is 16.5. The van der Waals surface area contributed by atoms with E-state index in [-0.39, 0.29) is 11.9 Å². The maximum Gasteiger partial charge on any atom is 0.222 e. The molecule has 1 atom stereocenters. The number of rotatable bonds is 7. The van der Waals surface area contributed by atoms with Crippen LogP contribution in [0.5, 0.6) is 5.75 Å². The summed E-state index contributed by atoms with van der Waals surface area (Å²) in [5.74, 6) is 1.16. The lowest BCUT2D eigenvalue weighted by Crippen LogP contribution is -2.47. The summed E-state index contributed by atoms with van der Waals surface area (Å²) in [4.78, 5) is 14.3. The van der Waals surface area contributed by atoms with Crippen molar-refractivity contribution in [2.45, 2.75) is 51.5 Å². The number of unbranched alkanes of at least 4 members (excludes halogenated alkanes) is 1. The van der Waals surface area contributed by atoms with E-state index in [1.807, 2.05) is 23.1 Å². The van der Waals surface area contributed by atoms with Crippen LogP contribution in [-0.4, -0.2) is 36.5 Å². The van der Waals surface area contributed by atoms with Crippen LogP contribution >= 0.6 is 0 Å². The minimum Gasteiger partial charge on any atom is -0.494 e. The minimum atomic E-state index is 0.254. The van der Waals surface area contributed by atoms with E-state index in [1.54, 1.807) is 0 Å². The molecule has 1 fully saturated rings. The smallest absolute Gasteiger partial charge is 0.222 e. The summed E-state index contributed by atoms with van der Waals surface area (Å²) >= 11 is 0. The van der Waals surface area contributed by atoms with E-state index in [4.69, 9.17) is 10.5 Å². The van der Waals surface area contributed by atoms with Crippen molar-refractivity contribution < 1.29 is 9.53 Å². The Balaban J connectivity index is 1.64. The van der Waals surface area contributed by atoms with Crippen molar-refractivity contribution in [3.8, 4) is 5.75 Å². The van der Waals surface area contributed by atoms with E-state index < -0.39 is 0 Å². The number of amides is 1. The van der Waals surface area contributed by atoms with Crippen molar-refractivity contribution in [1.29, 1.82) is 0 Å². The zero-order valence-corrected chi connectivity index (χ0v) is 13.6. The first-order valence-electron chi connectivity index (χ1n) is 8.39. The van der Waals surface area contributed by atoms with Gasteiger partial charge in [-0.2, -0.15) is 0 Å². The first-order chi connectivity index (χ1) is 10.7. The van der Waals surface area contributed by atoms with Gasteiger partial charge in [0.2, 0.25) is 5.91 Å². The lowest BCUT2D eigenvalue weighted by atomic mass is 10.0. The van der Waals surface area contributed by atoms with Crippen LogP contribution in [0.4, 0.5) is 0 Å². The van der Waals surface area contributed by atoms with E-state index >= 15 is 0 Å². The summed E-state index contributed by atoms with van der Waals surface area (Å²) in [5.41, 5.74) is 6.97. The zero-order valence-electron chi connectivity index (χ0n) is 13.6. The van der Waals surface area contributed by atoms with Gasteiger partial charge in [0, 0.05) is 25.6 Å². The third-order valence-electron chi connectivity index (χ3n) is 4.26. The Morgan fingerprint density at radius 2 is 2.23 bits per heavy atom. The normalized spacial score (nSPS) is 18.3. The van der Waals surface area contributed by atoms with Gasteiger partial charge in [0.15, 0.2) is 0 Å². The number of hydrogen-bond donors (Lipinski definition) is 1. The third-order valence-corrected chi connectivity index (χ3v) is 4.26. The minimum absolute atomic E-state index is 0.254. The second kappa shape index (κ2) is 8.79. The van der Waals surface area contributed by atoms with Crippen LogP contribution in [0.3, 0.4) is 0 Å². The van der Waals surface area contributed by atoms with Gasteiger partial charge in [-0.1, -0.05) is 12.1 Å². The maximum atomic E-state index is 12.3. The van der Waals surface area contributed by atoms with Gasteiger partial charge in [0.1, 0.15) is 5.75 Å². The molecule has 1 unspecified atom stereocenters. The zero-order chi connectivity index (χ0) is 15.8. The van der Waals surface area contributed by atoms with Crippen LogP contribution in [0.1, 0.15) is 44.1 Å². The molecule has 122 valence electrons. The van der Waals surface area contributed by atoms with Gasteiger partial charge in [-0.3, -0.25) is 4.79 Å². The molecule has 1 aliphatic rings. The van der Waals surface area contributed by atoms with Crippen LogP contribution in [0.15, 0.2) is 24.3 Å². The number of aryl methyl sites for hydroxylation is 1. The molecule has 2 rings (SSSR count). The first kappa shape index (κ1) is 16.8. The Morgan fingerprint density at radius 1 is 1.36 bits per heavy atom. The highest BCUT2D eigenvalue weighted by Crippen LogP contribution is 2.18. The molecule has 4 nitrogen and oxygen atoms in total. The highest BCUT2D eigenvalue weighted by Gasteiger charge is 2.24. The summed E-state index contributed by atoms with van der Waals surface area (Å²) in [6, 6.07) is 8.31. The first-order valence-corrected chi connectivity index (χ1v) is 8.39. The van der Waals surface area contributed by atoms with Crippen LogP contribution in [0.2, 0.25) is 0 Å². The Morgan fingerprint density at radius 3 is 3.00 bits per heavy atom. The molecule has 1 aromatic carbocycles. The molecule has 0 spiro atoms. The molecule has 0 bridgehead atoms. The number of ether oxygens (including phenoxy) is 1. The maximum absolute atomic E-state index is 12.3. The van der Waals surface area contributed by atoms with E-state index in [9.17, 15) is 4.79 Å². The van der Waals surface area contributed by atoms with Crippen molar-refractivity contribution in [1.82, 2.24) is 4.90 Å². The average molecular weight is 304 g/mol. The van der Waals surface area contributed by atoms with Crippen LogP contribution in [-0.2, 0) is 4.79 Å². The van der Waals surface area contributed by atoms with Gasteiger partial charge in [-0.15, -0.1) is 0 Å². The van der Waals surface area contributed by atoms with Gasteiger partial charge in [-0.05, 0) is 56.7 Å². The standard InChI is InChI=1S/C18H28N2O2/c1-15-7-6-9-17(13-15)22-12-5-3-10-18(21)20-11-4-2-8-16(20)14-19/h6-7,9,13,16H,2-5,8,10-12,14,19H2,1H3. The molecular formula is C18H28N2O2. The van der Waals surface area contributed by atoms with Gasteiger partial charge in [0.05, 0.1) is 6.61 Å². The predicted molar refractivity (Wildman–Crippen MR) is 88.9 cm³/mol. The van der Waals surface area contributed by atoms with Crippen molar-refractivity contribution >= 4 is 5.91 Å². The molecule has 0 aliphatic carbocycles.